The van der Waals surface area contributed by atoms with Crippen molar-refractivity contribution in [2.24, 2.45) is 11.8 Å². The maximum absolute atomic E-state index is 5.50. The monoisotopic (exact) mass is 276 g/mol. The summed E-state index contributed by atoms with van der Waals surface area (Å²) in [6.07, 6.45) is 1.32. The molecule has 1 aromatic carbocycles. The number of rotatable bonds is 4. The van der Waals surface area contributed by atoms with Crippen molar-refractivity contribution in [3.05, 3.63) is 23.8 Å². The third-order valence-corrected chi connectivity index (χ3v) is 4.68. The second-order valence-electron chi connectivity index (χ2n) is 5.88. The van der Waals surface area contributed by atoms with Gasteiger partial charge in [-0.1, -0.05) is 6.07 Å². The Morgan fingerprint density at radius 1 is 1.20 bits per heavy atom. The number of nitrogens with one attached hydrogen (secondary N) is 1. The van der Waals surface area contributed by atoms with Crippen molar-refractivity contribution >= 4 is 0 Å². The smallest absolute Gasteiger partial charge is 0.127 e. The zero-order valence-corrected chi connectivity index (χ0v) is 12.4. The molecule has 0 saturated carbocycles. The van der Waals surface area contributed by atoms with Gasteiger partial charge in [0.05, 0.1) is 14.2 Å². The van der Waals surface area contributed by atoms with Crippen LogP contribution in [-0.2, 0) is 6.54 Å². The predicted octanol–water partition coefficient (Wildman–Crippen LogP) is 1.75. The van der Waals surface area contributed by atoms with E-state index in [9.17, 15) is 0 Å². The van der Waals surface area contributed by atoms with E-state index in [1.807, 2.05) is 12.1 Å². The highest BCUT2D eigenvalue weighted by Crippen LogP contribution is 2.30. The summed E-state index contributed by atoms with van der Waals surface area (Å²) in [4.78, 5) is 2.55. The molecular formula is C16H24N2O2. The van der Waals surface area contributed by atoms with Crippen LogP contribution in [0.25, 0.3) is 0 Å². The third kappa shape index (κ3) is 2.76. The largest absolute Gasteiger partial charge is 0.497 e. The van der Waals surface area contributed by atoms with Crippen LogP contribution in [0.2, 0.25) is 0 Å². The first kappa shape index (κ1) is 13.7. The first-order valence-electron chi connectivity index (χ1n) is 7.44. The summed E-state index contributed by atoms with van der Waals surface area (Å²) in [5.74, 6) is 3.50. The van der Waals surface area contributed by atoms with E-state index in [-0.39, 0.29) is 0 Å². The summed E-state index contributed by atoms with van der Waals surface area (Å²) < 4.78 is 10.8. The van der Waals surface area contributed by atoms with E-state index in [0.717, 1.165) is 29.9 Å². The van der Waals surface area contributed by atoms with E-state index in [0.29, 0.717) is 0 Å². The van der Waals surface area contributed by atoms with Gasteiger partial charge in [-0.05, 0) is 44.0 Å². The molecule has 2 aliphatic heterocycles. The Hall–Kier alpha value is -1.26. The molecule has 110 valence electrons. The van der Waals surface area contributed by atoms with Crippen molar-refractivity contribution in [2.75, 3.05) is 40.4 Å². The molecule has 0 bridgehead atoms. The van der Waals surface area contributed by atoms with E-state index < -0.39 is 0 Å². The number of hydrogen-bond donors (Lipinski definition) is 1. The summed E-state index contributed by atoms with van der Waals surface area (Å²) in [5.41, 5.74) is 1.25. The zero-order valence-electron chi connectivity index (χ0n) is 12.4. The van der Waals surface area contributed by atoms with E-state index >= 15 is 0 Å². The van der Waals surface area contributed by atoms with Crippen LogP contribution >= 0.6 is 0 Å². The molecule has 1 aromatic rings. The lowest BCUT2D eigenvalue weighted by Crippen LogP contribution is -2.39. The average molecular weight is 276 g/mol. The van der Waals surface area contributed by atoms with E-state index in [1.54, 1.807) is 14.2 Å². The number of piperidine rings is 1. The standard InChI is InChI=1S/C16H24N2O2/c1-19-15-4-3-13(16(7-15)20-2)10-18-6-5-12-8-17-9-14(12)11-18/h3-4,7,12,14,17H,5-6,8-11H2,1-2H3. The van der Waals surface area contributed by atoms with Crippen molar-refractivity contribution in [1.82, 2.24) is 10.2 Å². The van der Waals surface area contributed by atoms with E-state index in [4.69, 9.17) is 9.47 Å². The van der Waals surface area contributed by atoms with E-state index in [2.05, 4.69) is 16.3 Å². The summed E-state index contributed by atoms with van der Waals surface area (Å²) in [5, 5.41) is 3.52. The van der Waals surface area contributed by atoms with Crippen molar-refractivity contribution < 1.29 is 9.47 Å². The summed E-state index contributed by atoms with van der Waals surface area (Å²) in [7, 11) is 3.41. The lowest BCUT2D eigenvalue weighted by molar-refractivity contribution is 0.141. The van der Waals surface area contributed by atoms with Crippen LogP contribution in [0.15, 0.2) is 18.2 Å². The minimum atomic E-state index is 0.827. The fourth-order valence-electron chi connectivity index (χ4n) is 3.48. The Labute approximate surface area is 121 Å². The van der Waals surface area contributed by atoms with Gasteiger partial charge >= 0.3 is 0 Å². The van der Waals surface area contributed by atoms with Gasteiger partial charge in [0.25, 0.3) is 0 Å². The second-order valence-corrected chi connectivity index (χ2v) is 5.88. The molecule has 4 heteroatoms. The van der Waals surface area contributed by atoms with E-state index in [1.165, 1.54) is 38.2 Å². The van der Waals surface area contributed by atoms with Crippen molar-refractivity contribution in [1.29, 1.82) is 0 Å². The Kier molecular flexibility index (Phi) is 4.13. The van der Waals surface area contributed by atoms with Gasteiger partial charge in [-0.25, -0.2) is 0 Å². The van der Waals surface area contributed by atoms with Gasteiger partial charge in [-0.2, -0.15) is 0 Å². The minimum Gasteiger partial charge on any atom is -0.497 e. The van der Waals surface area contributed by atoms with Crippen molar-refractivity contribution in [3.8, 4) is 11.5 Å². The van der Waals surface area contributed by atoms with Crippen LogP contribution in [0.1, 0.15) is 12.0 Å². The molecule has 2 aliphatic rings. The number of likely N-dealkylation sites (tertiary alicyclic amines) is 1. The third-order valence-electron chi connectivity index (χ3n) is 4.68. The Bertz CT molecular complexity index is 464. The maximum Gasteiger partial charge on any atom is 0.127 e. The predicted molar refractivity (Wildman–Crippen MR) is 79.3 cm³/mol. The highest BCUT2D eigenvalue weighted by atomic mass is 16.5. The van der Waals surface area contributed by atoms with Crippen LogP contribution in [0.5, 0.6) is 11.5 Å². The molecule has 2 heterocycles. The lowest BCUT2D eigenvalue weighted by atomic mass is 9.88. The van der Waals surface area contributed by atoms with Crippen LogP contribution < -0.4 is 14.8 Å². The normalized spacial score (nSPS) is 26.3. The maximum atomic E-state index is 5.50. The molecule has 2 atom stereocenters. The van der Waals surface area contributed by atoms with Crippen LogP contribution in [0, 0.1) is 11.8 Å². The van der Waals surface area contributed by atoms with Crippen LogP contribution in [0.4, 0.5) is 0 Å². The Morgan fingerprint density at radius 2 is 2.05 bits per heavy atom. The molecule has 20 heavy (non-hydrogen) atoms. The number of hydrogen-bond acceptors (Lipinski definition) is 4. The van der Waals surface area contributed by atoms with Gasteiger partial charge in [-0.15, -0.1) is 0 Å². The lowest BCUT2D eigenvalue weighted by Gasteiger charge is -2.34. The number of methoxy groups -OCH3 is 2. The van der Waals surface area contributed by atoms with Gasteiger partial charge in [0, 0.05) is 24.7 Å². The summed E-state index contributed by atoms with van der Waals surface area (Å²) in [6, 6.07) is 6.11. The second kappa shape index (κ2) is 6.02. The summed E-state index contributed by atoms with van der Waals surface area (Å²) in [6.45, 7) is 5.76. The minimum absolute atomic E-state index is 0.827. The van der Waals surface area contributed by atoms with Gasteiger partial charge in [0.15, 0.2) is 0 Å². The van der Waals surface area contributed by atoms with Gasteiger partial charge in [0.1, 0.15) is 11.5 Å². The molecule has 2 fully saturated rings. The van der Waals surface area contributed by atoms with Crippen molar-refractivity contribution in [3.63, 3.8) is 0 Å². The van der Waals surface area contributed by atoms with Gasteiger partial charge < -0.3 is 14.8 Å². The highest BCUT2D eigenvalue weighted by molar-refractivity contribution is 5.40. The molecule has 0 aromatic heterocycles. The fourth-order valence-corrected chi connectivity index (χ4v) is 3.48. The molecule has 0 spiro atoms. The van der Waals surface area contributed by atoms with Crippen molar-refractivity contribution in [2.45, 2.75) is 13.0 Å². The molecule has 2 saturated heterocycles. The molecule has 0 radical (unpaired) electrons. The fraction of sp³-hybridized carbons (Fsp3) is 0.625. The molecule has 3 rings (SSSR count). The summed E-state index contributed by atoms with van der Waals surface area (Å²) >= 11 is 0. The SMILES string of the molecule is COc1ccc(CN2CCC3CNCC3C2)c(OC)c1. The highest BCUT2D eigenvalue weighted by Gasteiger charge is 2.32. The quantitative estimate of drug-likeness (QED) is 0.908. The molecule has 0 amide bonds. The number of benzene rings is 1. The number of ether oxygens (including phenoxy) is 2. The zero-order chi connectivity index (χ0) is 13.9. The Balaban J connectivity index is 1.68. The first-order valence-corrected chi connectivity index (χ1v) is 7.44. The topological polar surface area (TPSA) is 33.7 Å². The molecule has 1 N–H and O–H groups in total. The van der Waals surface area contributed by atoms with Crippen LogP contribution in [0.3, 0.4) is 0 Å². The van der Waals surface area contributed by atoms with Gasteiger partial charge in [-0.3, -0.25) is 4.90 Å². The van der Waals surface area contributed by atoms with Crippen LogP contribution in [-0.4, -0.2) is 45.3 Å². The average Bonchev–Trinajstić information content (AvgIpc) is 2.95. The number of fused-ring (bicyclic) bond motifs is 1. The van der Waals surface area contributed by atoms with Gasteiger partial charge in [0.2, 0.25) is 0 Å². The number of nitrogens with zero attached hydrogens (tertiary/aromatic N) is 1. The molecule has 2 unspecified atom stereocenters. The molecular weight excluding hydrogens is 252 g/mol. The molecule has 4 nitrogen and oxygen atoms in total. The Morgan fingerprint density at radius 3 is 2.85 bits per heavy atom. The molecule has 0 aliphatic carbocycles. The first-order chi connectivity index (χ1) is 9.80.